The van der Waals surface area contributed by atoms with Crippen LogP contribution in [-0.4, -0.2) is 24.2 Å². The van der Waals surface area contributed by atoms with Crippen molar-refractivity contribution in [1.29, 1.82) is 0 Å². The van der Waals surface area contributed by atoms with Gasteiger partial charge in [0.15, 0.2) is 0 Å². The summed E-state index contributed by atoms with van der Waals surface area (Å²) < 4.78 is 10.4. The van der Waals surface area contributed by atoms with Gasteiger partial charge in [-0.15, -0.1) is 0 Å². The Hall–Kier alpha value is -1.46. The van der Waals surface area contributed by atoms with Crippen LogP contribution in [0.5, 0.6) is 0 Å². The van der Waals surface area contributed by atoms with Gasteiger partial charge in [0.25, 0.3) is 5.69 Å². The fourth-order valence-electron chi connectivity index (χ4n) is 1.28. The van der Waals surface area contributed by atoms with E-state index in [2.05, 4.69) is 0 Å². The van der Waals surface area contributed by atoms with Crippen LogP contribution in [0.15, 0.2) is 24.3 Å². The molecular formula is C14H23NO4. The molecule has 0 amide bonds. The molecule has 0 saturated carbocycles. The van der Waals surface area contributed by atoms with Crippen LogP contribution >= 0.6 is 0 Å². The lowest BCUT2D eigenvalue weighted by Gasteiger charge is -2.25. The van der Waals surface area contributed by atoms with Gasteiger partial charge in [-0.1, -0.05) is 39.8 Å². The molecule has 0 atom stereocenters. The lowest BCUT2D eigenvalue weighted by atomic mass is 10.2. The number of nitro benzene ring substituents is 1. The third-order valence-corrected chi connectivity index (χ3v) is 2.21. The van der Waals surface area contributed by atoms with E-state index >= 15 is 0 Å². The molecule has 0 unspecified atom stereocenters. The van der Waals surface area contributed by atoms with Gasteiger partial charge < -0.3 is 9.47 Å². The first kappa shape index (κ1) is 17.5. The maximum absolute atomic E-state index is 10.5. The number of hydrogen-bond donors (Lipinski definition) is 0. The van der Waals surface area contributed by atoms with Crippen molar-refractivity contribution in [2.24, 2.45) is 0 Å². The van der Waals surface area contributed by atoms with Gasteiger partial charge in [-0.2, -0.15) is 0 Å². The molecule has 0 bridgehead atoms. The van der Waals surface area contributed by atoms with Gasteiger partial charge in [0.2, 0.25) is 0 Å². The largest absolute Gasteiger partial charge is 0.376 e. The Morgan fingerprint density at radius 3 is 2.42 bits per heavy atom. The van der Waals surface area contributed by atoms with Crippen LogP contribution in [0.3, 0.4) is 0 Å². The molecule has 1 aliphatic rings. The minimum absolute atomic E-state index is 0.0981. The molecule has 0 aromatic heterocycles. The van der Waals surface area contributed by atoms with Crippen molar-refractivity contribution in [3.05, 3.63) is 39.9 Å². The molecular weight excluding hydrogens is 246 g/mol. The van der Waals surface area contributed by atoms with Crippen LogP contribution in [0.4, 0.5) is 5.69 Å². The third kappa shape index (κ3) is 6.31. The molecule has 5 nitrogen and oxygen atoms in total. The van der Waals surface area contributed by atoms with E-state index in [4.69, 9.17) is 9.47 Å². The summed E-state index contributed by atoms with van der Waals surface area (Å²) in [4.78, 5) is 10.1. The lowest BCUT2D eigenvalue weighted by molar-refractivity contribution is -0.385. The van der Waals surface area contributed by atoms with E-state index in [1.54, 1.807) is 6.07 Å². The maximum atomic E-state index is 10.5. The van der Waals surface area contributed by atoms with E-state index in [0.29, 0.717) is 19.8 Å². The summed E-state index contributed by atoms with van der Waals surface area (Å²) in [5, 5.41) is 10.5. The summed E-state index contributed by atoms with van der Waals surface area (Å²) in [6.45, 7) is 9.64. The quantitative estimate of drug-likeness (QED) is 0.619. The molecule has 1 aliphatic heterocycles. The highest BCUT2D eigenvalue weighted by molar-refractivity contribution is 5.33. The van der Waals surface area contributed by atoms with Crippen LogP contribution in [0.25, 0.3) is 0 Å². The summed E-state index contributed by atoms with van der Waals surface area (Å²) >= 11 is 0. The highest BCUT2D eigenvalue weighted by Gasteiger charge is 2.18. The average molecular weight is 269 g/mol. The van der Waals surface area contributed by atoms with E-state index in [0.717, 1.165) is 5.56 Å². The first-order valence-electron chi connectivity index (χ1n) is 6.68. The Balaban J connectivity index is 0.000000741. The highest BCUT2D eigenvalue weighted by atomic mass is 16.6. The van der Waals surface area contributed by atoms with Crippen LogP contribution < -0.4 is 0 Å². The number of ether oxygens (including phenoxy) is 2. The van der Waals surface area contributed by atoms with E-state index < -0.39 is 4.92 Å². The molecule has 0 spiro atoms. The van der Waals surface area contributed by atoms with Gasteiger partial charge in [0.1, 0.15) is 6.10 Å². The van der Waals surface area contributed by atoms with Gasteiger partial charge in [0.05, 0.1) is 24.7 Å². The second-order valence-electron chi connectivity index (χ2n) is 3.40. The summed E-state index contributed by atoms with van der Waals surface area (Å²) in [5.41, 5.74) is 0.914. The first-order valence-corrected chi connectivity index (χ1v) is 6.68. The van der Waals surface area contributed by atoms with Gasteiger partial charge >= 0.3 is 0 Å². The van der Waals surface area contributed by atoms with Crippen molar-refractivity contribution in [1.82, 2.24) is 0 Å². The zero-order valence-electron chi connectivity index (χ0n) is 12.1. The van der Waals surface area contributed by atoms with Gasteiger partial charge in [-0.3, -0.25) is 10.1 Å². The molecule has 1 saturated heterocycles. The van der Waals surface area contributed by atoms with Crippen LogP contribution in [0.2, 0.25) is 0 Å². The topological polar surface area (TPSA) is 61.6 Å². The molecule has 1 aromatic rings. The minimum atomic E-state index is -0.407. The Labute approximate surface area is 114 Å². The molecule has 108 valence electrons. The summed E-state index contributed by atoms with van der Waals surface area (Å²) in [6, 6.07) is 6.47. The normalized spacial score (nSPS) is 13.3. The van der Waals surface area contributed by atoms with E-state index in [9.17, 15) is 10.1 Å². The molecule has 0 aliphatic carbocycles. The molecule has 19 heavy (non-hydrogen) atoms. The predicted molar refractivity (Wildman–Crippen MR) is 75.2 cm³/mol. The van der Waals surface area contributed by atoms with Gasteiger partial charge in [-0.05, 0) is 5.56 Å². The molecule has 0 radical (unpaired) electrons. The molecule has 1 fully saturated rings. The summed E-state index contributed by atoms with van der Waals surface area (Å²) in [6.07, 6.45) is 0.143. The van der Waals surface area contributed by atoms with Crippen molar-refractivity contribution < 1.29 is 14.4 Å². The Bertz CT molecular complexity index is 364. The zero-order valence-corrected chi connectivity index (χ0v) is 12.1. The average Bonchev–Trinajstić information content (AvgIpc) is 2.42. The Morgan fingerprint density at radius 1 is 1.32 bits per heavy atom. The van der Waals surface area contributed by atoms with Crippen LogP contribution in [0.1, 0.15) is 33.3 Å². The number of nitro groups is 1. The lowest BCUT2D eigenvalue weighted by Crippen LogP contribution is -2.35. The second-order valence-corrected chi connectivity index (χ2v) is 3.40. The van der Waals surface area contributed by atoms with Crippen LogP contribution in [0, 0.1) is 10.1 Å². The smallest absolute Gasteiger partial charge is 0.269 e. The van der Waals surface area contributed by atoms with Gasteiger partial charge in [-0.25, -0.2) is 0 Å². The number of non-ortho nitro benzene ring substituents is 1. The summed E-state index contributed by atoms with van der Waals surface area (Å²) in [5.74, 6) is 0. The van der Waals surface area contributed by atoms with Crippen molar-refractivity contribution in [2.45, 2.75) is 40.4 Å². The number of nitrogens with zero attached hydrogens (tertiary/aromatic N) is 1. The highest BCUT2D eigenvalue weighted by Crippen LogP contribution is 2.15. The molecule has 0 N–H and O–H groups in total. The van der Waals surface area contributed by atoms with Crippen molar-refractivity contribution in [2.75, 3.05) is 13.2 Å². The van der Waals surface area contributed by atoms with Crippen molar-refractivity contribution in [3.8, 4) is 0 Å². The first-order chi connectivity index (χ1) is 9.25. The van der Waals surface area contributed by atoms with E-state index in [1.807, 2.05) is 33.8 Å². The fraction of sp³-hybridized carbons (Fsp3) is 0.571. The standard InChI is InChI=1S/C10H11NO4.2C2H6/c12-11(13)9-3-1-2-8(4-9)5-15-10-6-14-7-10;2*1-2/h1-4,10H,5-7H2;2*1-2H3. The molecule has 2 rings (SSSR count). The molecule has 1 aromatic carbocycles. The fourth-order valence-corrected chi connectivity index (χ4v) is 1.28. The monoisotopic (exact) mass is 269 g/mol. The SMILES string of the molecule is CC.CC.O=[N+]([O-])c1cccc(COC2COC2)c1. The Kier molecular flexibility index (Phi) is 9.66. The van der Waals surface area contributed by atoms with E-state index in [1.165, 1.54) is 12.1 Å². The van der Waals surface area contributed by atoms with E-state index in [-0.39, 0.29) is 11.8 Å². The second kappa shape index (κ2) is 10.5. The van der Waals surface area contributed by atoms with Crippen molar-refractivity contribution in [3.63, 3.8) is 0 Å². The number of benzene rings is 1. The maximum Gasteiger partial charge on any atom is 0.269 e. The van der Waals surface area contributed by atoms with Gasteiger partial charge in [0, 0.05) is 12.1 Å². The zero-order chi connectivity index (χ0) is 14.7. The predicted octanol–water partition coefficient (Wildman–Crippen LogP) is 3.56. The Morgan fingerprint density at radius 2 is 1.95 bits per heavy atom. The van der Waals surface area contributed by atoms with Crippen molar-refractivity contribution >= 4 is 5.69 Å². The number of hydrogen-bond acceptors (Lipinski definition) is 4. The molecule has 5 heteroatoms. The minimum Gasteiger partial charge on any atom is -0.376 e. The number of rotatable bonds is 4. The summed E-state index contributed by atoms with van der Waals surface area (Å²) in [7, 11) is 0. The molecule has 1 heterocycles. The van der Waals surface area contributed by atoms with Crippen LogP contribution in [-0.2, 0) is 16.1 Å². The third-order valence-electron chi connectivity index (χ3n) is 2.21.